The zero-order valence-corrected chi connectivity index (χ0v) is 15.7. The van der Waals surface area contributed by atoms with Gasteiger partial charge in [-0.05, 0) is 53.5 Å². The van der Waals surface area contributed by atoms with E-state index in [0.717, 1.165) is 42.8 Å². The van der Waals surface area contributed by atoms with Crippen LogP contribution in [0.4, 0.5) is 0 Å². The molecule has 0 amide bonds. The largest absolute Gasteiger partial charge is 0.504 e. The molecule has 0 aromatic heterocycles. The molecule has 2 aliphatic heterocycles. The summed E-state index contributed by atoms with van der Waals surface area (Å²) in [4.78, 5) is 1.31. The number of fused-ring (bicyclic) bond motifs is 1. The van der Waals surface area contributed by atoms with Crippen molar-refractivity contribution in [1.29, 1.82) is 0 Å². The molecule has 0 saturated carbocycles. The third-order valence-electron chi connectivity index (χ3n) is 4.54. The summed E-state index contributed by atoms with van der Waals surface area (Å²) in [5.74, 6) is 1.43. The fraction of sp³-hybridized carbons (Fsp3) is 0.474. The lowest BCUT2D eigenvalue weighted by atomic mass is 9.91. The van der Waals surface area contributed by atoms with Crippen molar-refractivity contribution >= 4 is 23.4 Å². The minimum absolute atomic E-state index is 0.134. The molecule has 24 heavy (non-hydrogen) atoms. The van der Waals surface area contributed by atoms with Crippen molar-refractivity contribution in [3.63, 3.8) is 0 Å². The molecule has 0 saturated heterocycles. The van der Waals surface area contributed by atoms with E-state index in [1.807, 2.05) is 11.8 Å². The SMILES string of the molecule is CC(C)CC1=CCSC(C2CNCCc3c2cc(O)c(O)c3Cl)=C1. The first-order valence-electron chi connectivity index (χ1n) is 8.44. The zero-order chi connectivity index (χ0) is 17.3. The Morgan fingerprint density at radius 2 is 2.17 bits per heavy atom. The summed E-state index contributed by atoms with van der Waals surface area (Å²) in [6.07, 6.45) is 6.44. The lowest BCUT2D eigenvalue weighted by Gasteiger charge is -2.24. The second kappa shape index (κ2) is 7.42. The van der Waals surface area contributed by atoms with Crippen LogP contribution in [0.1, 0.15) is 37.3 Å². The fourth-order valence-electron chi connectivity index (χ4n) is 3.42. The molecule has 2 aliphatic rings. The molecule has 1 aromatic carbocycles. The van der Waals surface area contributed by atoms with E-state index >= 15 is 0 Å². The minimum atomic E-state index is -0.207. The Hall–Kier alpha value is -1.10. The maximum atomic E-state index is 10.0. The van der Waals surface area contributed by atoms with Crippen LogP contribution in [0.3, 0.4) is 0 Å². The summed E-state index contributed by atoms with van der Waals surface area (Å²) in [7, 11) is 0. The predicted molar refractivity (Wildman–Crippen MR) is 102 cm³/mol. The van der Waals surface area contributed by atoms with Crippen LogP contribution in [0.25, 0.3) is 0 Å². The molecule has 5 heteroatoms. The smallest absolute Gasteiger partial charge is 0.176 e. The van der Waals surface area contributed by atoms with E-state index in [1.165, 1.54) is 10.5 Å². The van der Waals surface area contributed by atoms with Crippen LogP contribution >= 0.6 is 23.4 Å². The fourth-order valence-corrected chi connectivity index (χ4v) is 4.85. The normalized spacial score (nSPS) is 21.1. The van der Waals surface area contributed by atoms with Gasteiger partial charge in [0.2, 0.25) is 0 Å². The highest BCUT2D eigenvalue weighted by Crippen LogP contribution is 2.45. The first-order valence-corrected chi connectivity index (χ1v) is 9.81. The first-order chi connectivity index (χ1) is 11.5. The summed E-state index contributed by atoms with van der Waals surface area (Å²) < 4.78 is 0. The van der Waals surface area contributed by atoms with Gasteiger partial charge >= 0.3 is 0 Å². The highest BCUT2D eigenvalue weighted by molar-refractivity contribution is 8.03. The number of phenols is 2. The number of nitrogens with one attached hydrogen (secondary N) is 1. The van der Waals surface area contributed by atoms with Gasteiger partial charge < -0.3 is 15.5 Å². The number of halogens is 1. The average Bonchev–Trinajstić information content (AvgIpc) is 2.75. The van der Waals surface area contributed by atoms with Gasteiger partial charge in [-0.15, -0.1) is 11.8 Å². The predicted octanol–water partition coefficient (Wildman–Crippen LogP) is 4.58. The lowest BCUT2D eigenvalue weighted by Crippen LogP contribution is -2.21. The Labute approximate surface area is 152 Å². The maximum Gasteiger partial charge on any atom is 0.176 e. The zero-order valence-electron chi connectivity index (χ0n) is 14.1. The van der Waals surface area contributed by atoms with Crippen molar-refractivity contribution in [3.8, 4) is 11.5 Å². The third kappa shape index (κ3) is 3.61. The van der Waals surface area contributed by atoms with E-state index < -0.39 is 0 Å². The Balaban J connectivity index is 2.01. The summed E-state index contributed by atoms with van der Waals surface area (Å²) in [6.45, 7) is 6.11. The number of hydrogen-bond acceptors (Lipinski definition) is 4. The van der Waals surface area contributed by atoms with Crippen LogP contribution in [-0.2, 0) is 6.42 Å². The number of allylic oxidation sites excluding steroid dienone is 2. The molecule has 130 valence electrons. The first kappa shape index (κ1) is 17.7. The van der Waals surface area contributed by atoms with Gasteiger partial charge in [0.1, 0.15) is 0 Å². The molecule has 0 aliphatic carbocycles. The van der Waals surface area contributed by atoms with Crippen LogP contribution < -0.4 is 5.32 Å². The van der Waals surface area contributed by atoms with Crippen molar-refractivity contribution in [2.75, 3.05) is 18.8 Å². The van der Waals surface area contributed by atoms with Crippen LogP contribution in [0, 0.1) is 5.92 Å². The van der Waals surface area contributed by atoms with Crippen molar-refractivity contribution in [2.45, 2.75) is 32.6 Å². The molecule has 1 unspecified atom stereocenters. The van der Waals surface area contributed by atoms with Gasteiger partial charge in [0.15, 0.2) is 11.5 Å². The lowest BCUT2D eigenvalue weighted by molar-refractivity contribution is 0.402. The van der Waals surface area contributed by atoms with Crippen LogP contribution in [0.15, 0.2) is 28.7 Å². The Morgan fingerprint density at radius 3 is 2.92 bits per heavy atom. The number of phenolic OH excluding ortho intramolecular Hbond substituents is 2. The quantitative estimate of drug-likeness (QED) is 0.686. The molecule has 0 bridgehead atoms. The maximum absolute atomic E-state index is 10.0. The summed E-state index contributed by atoms with van der Waals surface area (Å²) in [5.41, 5.74) is 3.37. The van der Waals surface area contributed by atoms with Crippen molar-refractivity contribution in [2.24, 2.45) is 5.92 Å². The second-order valence-electron chi connectivity index (χ2n) is 6.87. The van der Waals surface area contributed by atoms with E-state index in [0.29, 0.717) is 5.92 Å². The van der Waals surface area contributed by atoms with Gasteiger partial charge in [-0.1, -0.05) is 37.1 Å². The van der Waals surface area contributed by atoms with Gasteiger partial charge in [0, 0.05) is 18.2 Å². The van der Waals surface area contributed by atoms with Crippen molar-refractivity contribution in [1.82, 2.24) is 5.32 Å². The Kier molecular flexibility index (Phi) is 5.48. The number of thioether (sulfide) groups is 1. The van der Waals surface area contributed by atoms with E-state index in [2.05, 4.69) is 31.3 Å². The van der Waals surface area contributed by atoms with E-state index in [4.69, 9.17) is 11.6 Å². The summed E-state index contributed by atoms with van der Waals surface area (Å²) >= 11 is 8.16. The number of rotatable bonds is 3. The topological polar surface area (TPSA) is 52.5 Å². The average molecular weight is 366 g/mol. The monoisotopic (exact) mass is 365 g/mol. The van der Waals surface area contributed by atoms with Crippen molar-refractivity contribution in [3.05, 3.63) is 44.8 Å². The number of hydrogen-bond donors (Lipinski definition) is 3. The highest BCUT2D eigenvalue weighted by atomic mass is 35.5. The van der Waals surface area contributed by atoms with Gasteiger partial charge in [0.05, 0.1) is 5.02 Å². The van der Waals surface area contributed by atoms with Crippen LogP contribution in [-0.4, -0.2) is 29.1 Å². The van der Waals surface area contributed by atoms with Crippen molar-refractivity contribution < 1.29 is 10.2 Å². The van der Waals surface area contributed by atoms with Gasteiger partial charge in [-0.2, -0.15) is 0 Å². The molecule has 2 heterocycles. The van der Waals surface area contributed by atoms with Crippen LogP contribution in [0.5, 0.6) is 11.5 Å². The van der Waals surface area contributed by atoms with E-state index in [9.17, 15) is 10.2 Å². The molecule has 1 atom stereocenters. The molecule has 0 fully saturated rings. The third-order valence-corrected chi connectivity index (χ3v) is 6.02. The number of benzene rings is 1. The molecular weight excluding hydrogens is 342 g/mol. The molecule has 3 rings (SSSR count). The van der Waals surface area contributed by atoms with Gasteiger partial charge in [0.25, 0.3) is 0 Å². The minimum Gasteiger partial charge on any atom is -0.504 e. The molecule has 3 nitrogen and oxygen atoms in total. The Morgan fingerprint density at radius 1 is 1.38 bits per heavy atom. The van der Waals surface area contributed by atoms with E-state index in [1.54, 1.807) is 6.07 Å². The highest BCUT2D eigenvalue weighted by Gasteiger charge is 2.27. The van der Waals surface area contributed by atoms with E-state index in [-0.39, 0.29) is 22.4 Å². The molecular formula is C19H24ClNO2S. The van der Waals surface area contributed by atoms with Crippen LogP contribution in [0.2, 0.25) is 5.02 Å². The summed E-state index contributed by atoms with van der Waals surface area (Å²) in [5, 5.41) is 23.8. The molecule has 1 aromatic rings. The van der Waals surface area contributed by atoms with Gasteiger partial charge in [-0.25, -0.2) is 0 Å². The Bertz CT molecular complexity index is 697. The standard InChI is InChI=1S/C19H24ClNO2S/c1-11(2)7-12-4-6-24-17(8-12)15-10-21-5-3-13-14(15)9-16(22)19(23)18(13)20/h4,8-9,11,15,21-23H,3,5-7,10H2,1-2H3. The summed E-state index contributed by atoms with van der Waals surface area (Å²) in [6, 6.07) is 1.69. The number of aromatic hydroxyl groups is 2. The second-order valence-corrected chi connectivity index (χ2v) is 8.34. The van der Waals surface area contributed by atoms with Gasteiger partial charge in [-0.3, -0.25) is 0 Å². The molecule has 0 spiro atoms. The molecule has 0 radical (unpaired) electrons. The molecule has 3 N–H and O–H groups in total.